The lowest BCUT2D eigenvalue weighted by molar-refractivity contribution is -0.890. The van der Waals surface area contributed by atoms with Crippen molar-refractivity contribution in [3.05, 3.63) is 0 Å². The summed E-state index contributed by atoms with van der Waals surface area (Å²) in [6, 6.07) is 0. The fraction of sp³-hybridized carbons (Fsp3) is 1.00. The monoisotopic (exact) mass is 298 g/mol. The molecule has 21 heavy (non-hydrogen) atoms. The van der Waals surface area contributed by atoms with Gasteiger partial charge in [-0.3, -0.25) is 0 Å². The van der Waals surface area contributed by atoms with Gasteiger partial charge in [0.25, 0.3) is 0 Å². The molecule has 0 saturated carbocycles. The van der Waals surface area contributed by atoms with Crippen LogP contribution in [0, 0.1) is 0 Å². The van der Waals surface area contributed by atoms with Crippen molar-refractivity contribution in [2.45, 2.75) is 104 Å². The highest BCUT2D eigenvalue weighted by atomic mass is 15.3. The molecule has 0 radical (unpaired) electrons. The molecule has 0 N–H and O–H groups in total. The number of hydrogen-bond donors (Lipinski definition) is 0. The summed E-state index contributed by atoms with van der Waals surface area (Å²) in [6.07, 6.45) is 20.1. The fourth-order valence-corrected chi connectivity index (χ4v) is 3.11. The minimum atomic E-state index is 1.24. The van der Waals surface area contributed by atoms with Crippen molar-refractivity contribution in [2.75, 3.05) is 27.2 Å². The van der Waals surface area contributed by atoms with Gasteiger partial charge in [0.15, 0.2) is 0 Å². The maximum absolute atomic E-state index is 2.42. The summed E-state index contributed by atoms with van der Waals surface area (Å²) < 4.78 is 1.24. The van der Waals surface area contributed by atoms with Gasteiger partial charge in [-0.2, -0.15) is 0 Å². The molecule has 0 aliphatic carbocycles. The minimum Gasteiger partial charge on any atom is -0.328 e. The molecule has 0 rings (SSSR count). The molecule has 0 atom stereocenters. The molecule has 0 saturated heterocycles. The van der Waals surface area contributed by atoms with Crippen LogP contribution in [0.25, 0.3) is 0 Å². The molecule has 0 aliphatic rings. The molecular formula is C20H44N+. The van der Waals surface area contributed by atoms with E-state index in [1.165, 1.54) is 107 Å². The molecule has 1 nitrogen and oxygen atoms in total. The van der Waals surface area contributed by atoms with Gasteiger partial charge in [0.05, 0.1) is 27.2 Å². The van der Waals surface area contributed by atoms with Crippen molar-refractivity contribution < 1.29 is 4.48 Å². The molecule has 1 heteroatoms. The highest BCUT2D eigenvalue weighted by molar-refractivity contribution is 4.48. The predicted octanol–water partition coefficient (Wildman–Crippen LogP) is 6.56. The molecule has 0 aliphatic heterocycles. The van der Waals surface area contributed by atoms with Crippen LogP contribution in [0.1, 0.15) is 104 Å². The quantitative estimate of drug-likeness (QED) is 0.223. The van der Waals surface area contributed by atoms with E-state index >= 15 is 0 Å². The highest BCUT2D eigenvalue weighted by Gasteiger charge is 2.13. The zero-order valence-electron chi connectivity index (χ0n) is 15.8. The third-order valence-electron chi connectivity index (χ3n) is 4.73. The first kappa shape index (κ1) is 21.0. The Hall–Kier alpha value is -0.0400. The topological polar surface area (TPSA) is 0 Å². The standard InChI is InChI=1S/C20H44N/c1-5-7-9-11-13-14-16-18-20-21(3,4)19-17-15-12-10-8-6-2/h5-20H2,1-4H3/q+1. The van der Waals surface area contributed by atoms with Gasteiger partial charge >= 0.3 is 0 Å². The van der Waals surface area contributed by atoms with Gasteiger partial charge in [-0.1, -0.05) is 78.1 Å². The van der Waals surface area contributed by atoms with Crippen LogP contribution in [0.4, 0.5) is 0 Å². The van der Waals surface area contributed by atoms with Gasteiger partial charge < -0.3 is 4.48 Å². The Morgan fingerprint density at radius 3 is 1.05 bits per heavy atom. The van der Waals surface area contributed by atoms with Crippen LogP contribution in [-0.4, -0.2) is 31.7 Å². The third kappa shape index (κ3) is 16.2. The van der Waals surface area contributed by atoms with Crippen LogP contribution in [0.3, 0.4) is 0 Å². The van der Waals surface area contributed by atoms with Crippen molar-refractivity contribution in [3.63, 3.8) is 0 Å². The highest BCUT2D eigenvalue weighted by Crippen LogP contribution is 2.12. The Kier molecular flexibility index (Phi) is 14.9. The largest absolute Gasteiger partial charge is 0.328 e. The summed E-state index contributed by atoms with van der Waals surface area (Å²) in [7, 11) is 4.85. The van der Waals surface area contributed by atoms with Crippen LogP contribution < -0.4 is 0 Å². The van der Waals surface area contributed by atoms with Crippen LogP contribution in [-0.2, 0) is 0 Å². The number of unbranched alkanes of at least 4 members (excludes halogenated alkanes) is 12. The zero-order chi connectivity index (χ0) is 15.8. The second-order valence-electron chi connectivity index (χ2n) is 7.63. The molecule has 0 bridgehead atoms. The summed E-state index contributed by atoms with van der Waals surface area (Å²) >= 11 is 0. The van der Waals surface area contributed by atoms with Crippen LogP contribution in [0.2, 0.25) is 0 Å². The number of rotatable bonds is 16. The second kappa shape index (κ2) is 14.9. The molecule has 0 aromatic carbocycles. The van der Waals surface area contributed by atoms with E-state index in [1.807, 2.05) is 0 Å². The Morgan fingerprint density at radius 1 is 0.429 bits per heavy atom. The second-order valence-corrected chi connectivity index (χ2v) is 7.63. The van der Waals surface area contributed by atoms with E-state index in [0.29, 0.717) is 0 Å². The maximum Gasteiger partial charge on any atom is 0.0782 e. The van der Waals surface area contributed by atoms with E-state index in [2.05, 4.69) is 27.9 Å². The van der Waals surface area contributed by atoms with Gasteiger partial charge in [-0.25, -0.2) is 0 Å². The lowest BCUT2D eigenvalue weighted by Gasteiger charge is -2.30. The van der Waals surface area contributed by atoms with Crippen molar-refractivity contribution in [1.82, 2.24) is 0 Å². The van der Waals surface area contributed by atoms with Crippen LogP contribution >= 0.6 is 0 Å². The molecule has 0 spiro atoms. The number of nitrogens with zero attached hydrogens (tertiary/aromatic N) is 1. The number of quaternary nitrogens is 1. The van der Waals surface area contributed by atoms with Gasteiger partial charge in [-0.05, 0) is 25.7 Å². The minimum absolute atomic E-state index is 1.24. The fourth-order valence-electron chi connectivity index (χ4n) is 3.11. The van der Waals surface area contributed by atoms with Gasteiger partial charge in [0, 0.05) is 0 Å². The Labute approximate surface area is 136 Å². The van der Waals surface area contributed by atoms with Gasteiger partial charge in [0.1, 0.15) is 0 Å². The first-order chi connectivity index (χ1) is 10.1. The SMILES string of the molecule is CCCCCCCCCC[N+](C)(C)CCCCCCCC. The third-order valence-corrected chi connectivity index (χ3v) is 4.73. The van der Waals surface area contributed by atoms with Crippen molar-refractivity contribution in [3.8, 4) is 0 Å². The molecule has 0 amide bonds. The van der Waals surface area contributed by atoms with E-state index in [4.69, 9.17) is 0 Å². The molecular weight excluding hydrogens is 254 g/mol. The summed E-state index contributed by atoms with van der Waals surface area (Å²) in [5.74, 6) is 0. The van der Waals surface area contributed by atoms with E-state index in [1.54, 1.807) is 0 Å². The zero-order valence-corrected chi connectivity index (χ0v) is 15.8. The molecule has 0 aromatic heterocycles. The summed E-state index contributed by atoms with van der Waals surface area (Å²) in [4.78, 5) is 0. The number of hydrogen-bond acceptors (Lipinski definition) is 0. The maximum atomic E-state index is 2.42. The first-order valence-corrected chi connectivity index (χ1v) is 9.94. The van der Waals surface area contributed by atoms with Crippen molar-refractivity contribution >= 4 is 0 Å². The smallest absolute Gasteiger partial charge is 0.0782 e. The summed E-state index contributed by atoms with van der Waals surface area (Å²) in [6.45, 7) is 7.35. The van der Waals surface area contributed by atoms with E-state index < -0.39 is 0 Å². The predicted molar refractivity (Wildman–Crippen MR) is 97.8 cm³/mol. The average Bonchev–Trinajstić information content (AvgIpc) is 2.45. The summed E-state index contributed by atoms with van der Waals surface area (Å²) in [5, 5.41) is 0. The van der Waals surface area contributed by atoms with Gasteiger partial charge in [-0.15, -0.1) is 0 Å². The Bertz CT molecular complexity index is 198. The molecule has 0 unspecified atom stereocenters. The Balaban J connectivity index is 3.34. The van der Waals surface area contributed by atoms with E-state index in [-0.39, 0.29) is 0 Å². The van der Waals surface area contributed by atoms with Crippen molar-refractivity contribution in [1.29, 1.82) is 0 Å². The molecule has 0 fully saturated rings. The van der Waals surface area contributed by atoms with Gasteiger partial charge in [0.2, 0.25) is 0 Å². The molecule has 128 valence electrons. The summed E-state index contributed by atoms with van der Waals surface area (Å²) in [5.41, 5.74) is 0. The van der Waals surface area contributed by atoms with Crippen molar-refractivity contribution in [2.24, 2.45) is 0 Å². The lowest BCUT2D eigenvalue weighted by Crippen LogP contribution is -2.41. The van der Waals surface area contributed by atoms with E-state index in [9.17, 15) is 0 Å². The Morgan fingerprint density at radius 2 is 0.714 bits per heavy atom. The first-order valence-electron chi connectivity index (χ1n) is 9.94. The van der Waals surface area contributed by atoms with E-state index in [0.717, 1.165) is 0 Å². The van der Waals surface area contributed by atoms with Crippen LogP contribution in [0.5, 0.6) is 0 Å². The lowest BCUT2D eigenvalue weighted by atomic mass is 10.1. The normalized spacial score (nSPS) is 12.0. The average molecular weight is 299 g/mol. The van der Waals surface area contributed by atoms with Crippen LogP contribution in [0.15, 0.2) is 0 Å². The molecule has 0 heterocycles. The molecule has 0 aromatic rings.